The molecule has 0 nitrogen and oxygen atoms in total. The lowest BCUT2D eigenvalue weighted by Crippen LogP contribution is -1.92. The number of benzene rings is 3. The maximum absolute atomic E-state index is 14.6. The quantitative estimate of drug-likeness (QED) is 0.480. The molecule has 128 valence electrons. The first-order valence-electron chi connectivity index (χ1n) is 8.80. The van der Waals surface area contributed by atoms with E-state index in [1.54, 1.807) is 18.2 Å². The fraction of sp³-hybridized carbons (Fsp3) is 0.217. The van der Waals surface area contributed by atoms with Crippen LogP contribution < -0.4 is 0 Å². The van der Waals surface area contributed by atoms with Gasteiger partial charge in [0.15, 0.2) is 0 Å². The van der Waals surface area contributed by atoms with Crippen LogP contribution in [0.4, 0.5) is 8.78 Å². The van der Waals surface area contributed by atoms with Crippen LogP contribution in [-0.4, -0.2) is 0 Å². The SMILES string of the molecule is CCCc1ccc(-c2ccc(-c3ccc(CC)cc3)cc2F)cc1F. The Balaban J connectivity index is 1.92. The van der Waals surface area contributed by atoms with E-state index in [4.69, 9.17) is 0 Å². The van der Waals surface area contributed by atoms with Crippen LogP contribution in [-0.2, 0) is 12.8 Å². The third-order valence-electron chi connectivity index (χ3n) is 4.55. The van der Waals surface area contributed by atoms with Crippen LogP contribution in [0.2, 0.25) is 0 Å². The summed E-state index contributed by atoms with van der Waals surface area (Å²) >= 11 is 0. The van der Waals surface area contributed by atoms with E-state index in [0.29, 0.717) is 23.1 Å². The molecule has 3 rings (SSSR count). The van der Waals surface area contributed by atoms with Gasteiger partial charge in [0, 0.05) is 5.56 Å². The second-order valence-corrected chi connectivity index (χ2v) is 6.30. The van der Waals surface area contributed by atoms with Gasteiger partial charge in [-0.15, -0.1) is 0 Å². The molecule has 0 saturated heterocycles. The standard InChI is InChI=1S/C23H22F2/c1-3-5-18-10-11-20(15-22(18)24)21-13-12-19(14-23(21)25)17-8-6-16(4-2)7-9-17/h6-15H,3-5H2,1-2H3. The summed E-state index contributed by atoms with van der Waals surface area (Å²) < 4.78 is 28.8. The summed E-state index contributed by atoms with van der Waals surface area (Å²) in [5.74, 6) is -0.599. The summed E-state index contributed by atoms with van der Waals surface area (Å²) in [6, 6.07) is 18.2. The Morgan fingerprint density at radius 2 is 1.32 bits per heavy atom. The van der Waals surface area contributed by atoms with Gasteiger partial charge in [0.2, 0.25) is 0 Å². The largest absolute Gasteiger partial charge is 0.207 e. The molecule has 3 aromatic carbocycles. The molecule has 0 amide bonds. The third kappa shape index (κ3) is 3.79. The second kappa shape index (κ2) is 7.60. The topological polar surface area (TPSA) is 0 Å². The Labute approximate surface area is 148 Å². The molecule has 0 aliphatic heterocycles. The highest BCUT2D eigenvalue weighted by Crippen LogP contribution is 2.29. The lowest BCUT2D eigenvalue weighted by molar-refractivity contribution is 0.607. The summed E-state index contributed by atoms with van der Waals surface area (Å²) in [5.41, 5.74) is 4.74. The Morgan fingerprint density at radius 1 is 0.680 bits per heavy atom. The van der Waals surface area contributed by atoms with Crippen molar-refractivity contribution in [1.82, 2.24) is 0 Å². The fourth-order valence-electron chi connectivity index (χ4n) is 3.05. The van der Waals surface area contributed by atoms with E-state index in [0.717, 1.165) is 24.0 Å². The average Bonchev–Trinajstić information content (AvgIpc) is 2.63. The van der Waals surface area contributed by atoms with Gasteiger partial charge in [-0.3, -0.25) is 0 Å². The Hall–Kier alpha value is -2.48. The molecule has 0 unspecified atom stereocenters. The maximum Gasteiger partial charge on any atom is 0.131 e. The smallest absolute Gasteiger partial charge is 0.131 e. The lowest BCUT2D eigenvalue weighted by Gasteiger charge is -2.09. The highest BCUT2D eigenvalue weighted by Gasteiger charge is 2.10. The minimum atomic E-state index is -0.334. The van der Waals surface area contributed by atoms with Crippen molar-refractivity contribution in [3.05, 3.63) is 83.4 Å². The van der Waals surface area contributed by atoms with Crippen molar-refractivity contribution in [1.29, 1.82) is 0 Å². The molecule has 0 heterocycles. The number of halogens is 2. The summed E-state index contributed by atoms with van der Waals surface area (Å²) in [6.45, 7) is 4.12. The van der Waals surface area contributed by atoms with Gasteiger partial charge in [0.1, 0.15) is 11.6 Å². The molecule has 25 heavy (non-hydrogen) atoms. The number of hydrogen-bond acceptors (Lipinski definition) is 0. The van der Waals surface area contributed by atoms with Crippen LogP contribution >= 0.6 is 0 Å². The van der Waals surface area contributed by atoms with Crippen molar-refractivity contribution in [3.8, 4) is 22.3 Å². The third-order valence-corrected chi connectivity index (χ3v) is 4.55. The van der Waals surface area contributed by atoms with E-state index < -0.39 is 0 Å². The molecule has 0 spiro atoms. The van der Waals surface area contributed by atoms with E-state index in [-0.39, 0.29) is 11.6 Å². The lowest BCUT2D eigenvalue weighted by atomic mass is 9.97. The van der Waals surface area contributed by atoms with Crippen LogP contribution in [0.1, 0.15) is 31.4 Å². The molecule has 0 radical (unpaired) electrons. The molecular weight excluding hydrogens is 314 g/mol. The molecule has 2 heteroatoms. The Bertz CT molecular complexity index is 864. The van der Waals surface area contributed by atoms with E-state index in [1.807, 2.05) is 25.1 Å². The van der Waals surface area contributed by atoms with Crippen LogP contribution in [0.5, 0.6) is 0 Å². The molecular formula is C23H22F2. The maximum atomic E-state index is 14.6. The van der Waals surface area contributed by atoms with Gasteiger partial charge >= 0.3 is 0 Å². The van der Waals surface area contributed by atoms with Gasteiger partial charge in [0.05, 0.1) is 0 Å². The zero-order valence-corrected chi connectivity index (χ0v) is 14.7. The number of hydrogen-bond donors (Lipinski definition) is 0. The minimum absolute atomic E-state index is 0.266. The normalized spacial score (nSPS) is 10.9. The van der Waals surface area contributed by atoms with E-state index in [1.165, 1.54) is 17.7 Å². The van der Waals surface area contributed by atoms with E-state index >= 15 is 0 Å². The molecule has 0 fully saturated rings. The van der Waals surface area contributed by atoms with Crippen LogP contribution in [0.15, 0.2) is 60.7 Å². The summed E-state index contributed by atoms with van der Waals surface area (Å²) in [6.07, 6.45) is 2.56. The highest BCUT2D eigenvalue weighted by atomic mass is 19.1. The average molecular weight is 336 g/mol. The van der Waals surface area contributed by atoms with Crippen molar-refractivity contribution < 1.29 is 8.78 Å². The van der Waals surface area contributed by atoms with Gasteiger partial charge in [-0.1, -0.05) is 68.8 Å². The molecule has 3 aromatic rings. The van der Waals surface area contributed by atoms with Crippen LogP contribution in [0.3, 0.4) is 0 Å². The molecule has 0 saturated carbocycles. The monoisotopic (exact) mass is 336 g/mol. The number of rotatable bonds is 5. The van der Waals surface area contributed by atoms with Crippen molar-refractivity contribution in [3.63, 3.8) is 0 Å². The molecule has 0 aliphatic carbocycles. The predicted octanol–water partition coefficient (Wildman–Crippen LogP) is 6.81. The molecule has 0 bridgehead atoms. The van der Waals surface area contributed by atoms with Crippen molar-refractivity contribution in [2.24, 2.45) is 0 Å². The second-order valence-electron chi connectivity index (χ2n) is 6.30. The molecule has 0 aliphatic rings. The summed E-state index contributed by atoms with van der Waals surface area (Å²) in [7, 11) is 0. The van der Waals surface area contributed by atoms with Gasteiger partial charge in [0.25, 0.3) is 0 Å². The van der Waals surface area contributed by atoms with Gasteiger partial charge in [-0.2, -0.15) is 0 Å². The van der Waals surface area contributed by atoms with Crippen molar-refractivity contribution in [2.75, 3.05) is 0 Å². The first kappa shape index (κ1) is 17.3. The first-order valence-corrected chi connectivity index (χ1v) is 8.80. The molecule has 0 aromatic heterocycles. The fourth-order valence-corrected chi connectivity index (χ4v) is 3.05. The number of aryl methyl sites for hydroxylation is 2. The summed E-state index contributed by atoms with van der Waals surface area (Å²) in [4.78, 5) is 0. The Kier molecular flexibility index (Phi) is 5.28. The van der Waals surface area contributed by atoms with Gasteiger partial charge in [-0.25, -0.2) is 8.78 Å². The van der Waals surface area contributed by atoms with Gasteiger partial charge in [-0.05, 0) is 52.8 Å². The molecule has 0 N–H and O–H groups in total. The van der Waals surface area contributed by atoms with E-state index in [9.17, 15) is 8.78 Å². The summed E-state index contributed by atoms with van der Waals surface area (Å²) in [5, 5.41) is 0. The zero-order valence-electron chi connectivity index (χ0n) is 14.7. The van der Waals surface area contributed by atoms with Crippen LogP contribution in [0.25, 0.3) is 22.3 Å². The van der Waals surface area contributed by atoms with Crippen LogP contribution in [0, 0.1) is 11.6 Å². The predicted molar refractivity (Wildman–Crippen MR) is 101 cm³/mol. The minimum Gasteiger partial charge on any atom is -0.207 e. The highest BCUT2D eigenvalue weighted by molar-refractivity contribution is 5.71. The first-order chi connectivity index (χ1) is 12.1. The Morgan fingerprint density at radius 3 is 1.92 bits per heavy atom. The van der Waals surface area contributed by atoms with E-state index in [2.05, 4.69) is 19.1 Å². The van der Waals surface area contributed by atoms with Crippen molar-refractivity contribution >= 4 is 0 Å². The molecule has 0 atom stereocenters. The van der Waals surface area contributed by atoms with Crippen molar-refractivity contribution in [2.45, 2.75) is 33.1 Å². The zero-order chi connectivity index (χ0) is 17.8. The van der Waals surface area contributed by atoms with Gasteiger partial charge < -0.3 is 0 Å².